The molecule has 0 aromatic rings. The molecule has 0 heterocycles. The van der Waals surface area contributed by atoms with Gasteiger partial charge in [-0.15, -0.1) is 0 Å². The molecule has 0 N–H and O–H groups in total. The highest BCUT2D eigenvalue weighted by molar-refractivity contribution is 5.71. The van der Waals surface area contributed by atoms with Crippen molar-refractivity contribution in [2.45, 2.75) is 361 Å². The normalized spacial score (nSPS) is 12.0. The maximum Gasteiger partial charge on any atom is 0.306 e. The van der Waals surface area contributed by atoms with Crippen LogP contribution in [0.1, 0.15) is 355 Å². The van der Waals surface area contributed by atoms with Crippen molar-refractivity contribution in [3.05, 3.63) is 12.2 Å². The fraction of sp³-hybridized carbons (Fsp3) is 0.921. The number of carbonyl (C=O) groups is 3. The molecule has 0 rings (SSSR count). The van der Waals surface area contributed by atoms with Gasteiger partial charge in [0.1, 0.15) is 13.2 Å². The van der Waals surface area contributed by atoms with Crippen LogP contribution in [0.2, 0.25) is 0 Å². The van der Waals surface area contributed by atoms with E-state index in [-0.39, 0.29) is 31.1 Å². The minimum Gasteiger partial charge on any atom is -0.462 e. The van der Waals surface area contributed by atoms with Gasteiger partial charge in [0.2, 0.25) is 0 Å². The molecule has 0 saturated heterocycles. The molecule has 0 radical (unpaired) electrons. The van der Waals surface area contributed by atoms with Crippen LogP contribution in [0.15, 0.2) is 12.2 Å². The molecule has 0 spiro atoms. The highest BCUT2D eigenvalue weighted by Crippen LogP contribution is 2.18. The lowest BCUT2D eigenvalue weighted by atomic mass is 10.0. The molecule has 6 nitrogen and oxygen atoms in total. The van der Waals surface area contributed by atoms with E-state index in [2.05, 4.69) is 32.9 Å². The molecule has 0 aliphatic heterocycles. The van der Waals surface area contributed by atoms with Gasteiger partial charge in [-0.25, -0.2) is 0 Å². The number of allylic oxidation sites excluding steroid dienone is 2. The Hall–Kier alpha value is -1.85. The third-order valence-electron chi connectivity index (χ3n) is 14.3. The second kappa shape index (κ2) is 58.7. The van der Waals surface area contributed by atoms with E-state index < -0.39 is 6.10 Å². The number of esters is 3. The van der Waals surface area contributed by atoms with Gasteiger partial charge in [0.15, 0.2) is 6.10 Å². The van der Waals surface area contributed by atoms with E-state index in [0.717, 1.165) is 64.2 Å². The van der Waals surface area contributed by atoms with E-state index in [1.54, 1.807) is 0 Å². The van der Waals surface area contributed by atoms with Crippen molar-refractivity contribution >= 4 is 17.9 Å². The van der Waals surface area contributed by atoms with E-state index in [1.807, 2.05) is 0 Å². The summed E-state index contributed by atoms with van der Waals surface area (Å²) in [5.74, 6) is -0.847. The Morgan fingerprint density at radius 2 is 0.478 bits per heavy atom. The highest BCUT2D eigenvalue weighted by Gasteiger charge is 2.19. The van der Waals surface area contributed by atoms with Crippen molar-refractivity contribution in [2.75, 3.05) is 13.2 Å². The van der Waals surface area contributed by atoms with Gasteiger partial charge in [-0.3, -0.25) is 14.4 Å². The molecule has 408 valence electrons. The summed E-state index contributed by atoms with van der Waals surface area (Å²) >= 11 is 0. The lowest BCUT2D eigenvalue weighted by molar-refractivity contribution is -0.167. The minimum atomic E-state index is -0.769. The average molecular weight is 974 g/mol. The van der Waals surface area contributed by atoms with Crippen LogP contribution in [0, 0.1) is 0 Å². The Morgan fingerprint density at radius 1 is 0.275 bits per heavy atom. The molecule has 0 fully saturated rings. The molecule has 0 saturated carbocycles. The fourth-order valence-electron chi connectivity index (χ4n) is 9.56. The third-order valence-corrected chi connectivity index (χ3v) is 14.3. The predicted octanol–water partition coefficient (Wildman–Crippen LogP) is 20.9. The monoisotopic (exact) mass is 973 g/mol. The number of unbranched alkanes of at least 4 members (excludes halogenated alkanes) is 45. The number of carbonyl (C=O) groups excluding carboxylic acids is 3. The summed E-state index contributed by atoms with van der Waals surface area (Å²) in [5, 5.41) is 0. The minimum absolute atomic E-state index is 0.0670. The van der Waals surface area contributed by atoms with Crippen LogP contribution in [-0.4, -0.2) is 37.2 Å². The van der Waals surface area contributed by atoms with Gasteiger partial charge in [-0.2, -0.15) is 0 Å². The molecular formula is C63H120O6. The molecule has 0 bridgehead atoms. The van der Waals surface area contributed by atoms with Gasteiger partial charge in [0.25, 0.3) is 0 Å². The molecule has 0 aromatic heterocycles. The SMILES string of the molecule is CCCCCCCC/C=C\CCCCCCCC(=O)O[C@@H](COC(=O)CCCCCCCCCCCCCCCCC)COC(=O)CCCCCCCCCCCCCCCCCCCCCCC. The standard InChI is InChI=1S/C63H120O6/c1-4-7-10-13-16-19-22-25-28-29-30-31-32-33-36-38-41-44-47-50-53-56-62(65)68-59-60(69-63(66)57-54-51-48-45-42-39-35-27-24-21-18-15-12-9-6-3)58-67-61(64)55-52-49-46-43-40-37-34-26-23-20-17-14-11-8-5-2/h27,35,60H,4-26,28-34,36-59H2,1-3H3/b35-27-/t60-/m0/s1. The van der Waals surface area contributed by atoms with Gasteiger partial charge in [-0.05, 0) is 44.9 Å². The summed E-state index contributed by atoms with van der Waals surface area (Å²) in [5.41, 5.74) is 0. The Morgan fingerprint density at radius 3 is 0.725 bits per heavy atom. The molecule has 0 aliphatic rings. The smallest absolute Gasteiger partial charge is 0.306 e. The highest BCUT2D eigenvalue weighted by atomic mass is 16.6. The zero-order chi connectivity index (χ0) is 50.0. The topological polar surface area (TPSA) is 78.9 Å². The van der Waals surface area contributed by atoms with Crippen LogP contribution in [0.25, 0.3) is 0 Å². The number of ether oxygens (including phenoxy) is 3. The Labute approximate surface area is 431 Å². The zero-order valence-electron chi connectivity index (χ0n) is 46.9. The first-order chi connectivity index (χ1) is 34.0. The second-order valence-corrected chi connectivity index (χ2v) is 21.3. The van der Waals surface area contributed by atoms with Crippen molar-refractivity contribution in [1.29, 1.82) is 0 Å². The van der Waals surface area contributed by atoms with Crippen molar-refractivity contribution < 1.29 is 28.6 Å². The molecule has 0 unspecified atom stereocenters. The lowest BCUT2D eigenvalue weighted by Crippen LogP contribution is -2.30. The van der Waals surface area contributed by atoms with E-state index >= 15 is 0 Å². The summed E-state index contributed by atoms with van der Waals surface area (Å²) in [7, 11) is 0. The van der Waals surface area contributed by atoms with Gasteiger partial charge in [0.05, 0.1) is 0 Å². The van der Waals surface area contributed by atoms with Crippen LogP contribution in [0.3, 0.4) is 0 Å². The molecule has 6 heteroatoms. The van der Waals surface area contributed by atoms with Crippen LogP contribution in [-0.2, 0) is 28.6 Å². The van der Waals surface area contributed by atoms with Crippen molar-refractivity contribution in [2.24, 2.45) is 0 Å². The second-order valence-electron chi connectivity index (χ2n) is 21.3. The number of hydrogen-bond acceptors (Lipinski definition) is 6. The summed E-state index contributed by atoms with van der Waals surface area (Å²) in [6.07, 6.45) is 67.8. The quantitative estimate of drug-likeness (QED) is 0.0261. The van der Waals surface area contributed by atoms with Crippen molar-refractivity contribution in [3.63, 3.8) is 0 Å². The predicted molar refractivity (Wildman–Crippen MR) is 298 cm³/mol. The fourth-order valence-corrected chi connectivity index (χ4v) is 9.56. The molecular weight excluding hydrogens is 853 g/mol. The Balaban J connectivity index is 4.27. The van der Waals surface area contributed by atoms with Crippen LogP contribution >= 0.6 is 0 Å². The molecule has 1 atom stereocenters. The summed E-state index contributed by atoms with van der Waals surface area (Å²) in [4.78, 5) is 38.2. The first kappa shape index (κ1) is 67.1. The largest absolute Gasteiger partial charge is 0.462 e. The van der Waals surface area contributed by atoms with Crippen LogP contribution in [0.4, 0.5) is 0 Å². The van der Waals surface area contributed by atoms with Gasteiger partial charge < -0.3 is 14.2 Å². The van der Waals surface area contributed by atoms with E-state index in [4.69, 9.17) is 14.2 Å². The third kappa shape index (κ3) is 56.9. The molecule has 0 aliphatic carbocycles. The van der Waals surface area contributed by atoms with Crippen molar-refractivity contribution in [1.82, 2.24) is 0 Å². The maximum atomic E-state index is 12.9. The zero-order valence-corrected chi connectivity index (χ0v) is 46.9. The van der Waals surface area contributed by atoms with E-state index in [1.165, 1.54) is 250 Å². The van der Waals surface area contributed by atoms with E-state index in [9.17, 15) is 14.4 Å². The van der Waals surface area contributed by atoms with E-state index in [0.29, 0.717) is 19.3 Å². The van der Waals surface area contributed by atoms with Gasteiger partial charge >= 0.3 is 17.9 Å². The van der Waals surface area contributed by atoms with Crippen molar-refractivity contribution in [3.8, 4) is 0 Å². The summed E-state index contributed by atoms with van der Waals surface area (Å²) in [6, 6.07) is 0. The summed E-state index contributed by atoms with van der Waals surface area (Å²) in [6.45, 7) is 6.70. The maximum absolute atomic E-state index is 12.9. The van der Waals surface area contributed by atoms with Gasteiger partial charge in [0, 0.05) is 19.3 Å². The summed E-state index contributed by atoms with van der Waals surface area (Å²) < 4.78 is 16.9. The average Bonchev–Trinajstić information content (AvgIpc) is 3.35. The first-order valence-corrected chi connectivity index (χ1v) is 31.2. The first-order valence-electron chi connectivity index (χ1n) is 31.2. The molecule has 69 heavy (non-hydrogen) atoms. The number of hydrogen-bond donors (Lipinski definition) is 0. The molecule has 0 aromatic carbocycles. The van der Waals surface area contributed by atoms with Crippen LogP contribution in [0.5, 0.6) is 0 Å². The molecule has 0 amide bonds. The van der Waals surface area contributed by atoms with Gasteiger partial charge in [-0.1, -0.05) is 303 Å². The van der Waals surface area contributed by atoms with Crippen LogP contribution < -0.4 is 0 Å². The Kier molecular flexibility index (Phi) is 57.1. The lowest BCUT2D eigenvalue weighted by Gasteiger charge is -2.18. The Bertz CT molecular complexity index is 1070. The number of rotatable bonds is 58.